The number of para-hydroxylation sites is 1. The maximum Gasteiger partial charge on any atom is 0.262 e. The van der Waals surface area contributed by atoms with Gasteiger partial charge in [-0.3, -0.25) is 14.2 Å². The quantitative estimate of drug-likeness (QED) is 0.195. The predicted molar refractivity (Wildman–Crippen MR) is 156 cm³/mol. The van der Waals surface area contributed by atoms with E-state index < -0.39 is 5.25 Å². The SMILES string of the molecule is CCc1ccccc1NC(=O)C(CC)Sc1nc2cc(OC)c(OC)cc2c(=O)n1Cc1ccc(OC)cc1. The highest BCUT2D eigenvalue weighted by Gasteiger charge is 2.23. The lowest BCUT2D eigenvalue weighted by atomic mass is 10.1. The summed E-state index contributed by atoms with van der Waals surface area (Å²) >= 11 is 1.28. The van der Waals surface area contributed by atoms with Crippen molar-refractivity contribution in [2.75, 3.05) is 26.6 Å². The first-order chi connectivity index (χ1) is 18.9. The summed E-state index contributed by atoms with van der Waals surface area (Å²) in [5, 5.41) is 3.45. The number of hydrogen-bond donors (Lipinski definition) is 1. The first kappa shape index (κ1) is 28.0. The number of hydrogen-bond acceptors (Lipinski definition) is 7. The van der Waals surface area contributed by atoms with Crippen LogP contribution in [0.1, 0.15) is 31.4 Å². The van der Waals surface area contributed by atoms with Gasteiger partial charge in [0.25, 0.3) is 5.56 Å². The van der Waals surface area contributed by atoms with Crippen LogP contribution in [0.2, 0.25) is 0 Å². The van der Waals surface area contributed by atoms with Crippen LogP contribution in [0, 0.1) is 0 Å². The van der Waals surface area contributed by atoms with Crippen LogP contribution in [-0.2, 0) is 17.8 Å². The molecule has 1 amide bonds. The fraction of sp³-hybridized carbons (Fsp3) is 0.300. The largest absolute Gasteiger partial charge is 0.497 e. The third-order valence-electron chi connectivity index (χ3n) is 6.49. The van der Waals surface area contributed by atoms with E-state index in [9.17, 15) is 9.59 Å². The number of fused-ring (bicyclic) bond motifs is 1. The lowest BCUT2D eigenvalue weighted by molar-refractivity contribution is -0.115. The summed E-state index contributed by atoms with van der Waals surface area (Å²) in [5.41, 5.74) is 2.99. The molecule has 1 N–H and O–H groups in total. The molecule has 0 bridgehead atoms. The van der Waals surface area contributed by atoms with Crippen molar-refractivity contribution in [3.63, 3.8) is 0 Å². The molecule has 9 heteroatoms. The van der Waals surface area contributed by atoms with Gasteiger partial charge < -0.3 is 19.5 Å². The summed E-state index contributed by atoms with van der Waals surface area (Å²) in [6.45, 7) is 4.28. The van der Waals surface area contributed by atoms with Crippen molar-refractivity contribution in [3.05, 3.63) is 82.1 Å². The third kappa shape index (κ3) is 6.20. The number of anilines is 1. The molecule has 0 radical (unpaired) electrons. The highest BCUT2D eigenvalue weighted by Crippen LogP contribution is 2.33. The van der Waals surface area contributed by atoms with Crippen LogP contribution in [0.3, 0.4) is 0 Å². The molecule has 4 aromatic rings. The van der Waals surface area contributed by atoms with E-state index >= 15 is 0 Å². The topological polar surface area (TPSA) is 91.7 Å². The number of benzene rings is 3. The van der Waals surface area contributed by atoms with Crippen LogP contribution in [0.4, 0.5) is 5.69 Å². The Balaban J connectivity index is 1.77. The maximum atomic E-state index is 13.8. The summed E-state index contributed by atoms with van der Waals surface area (Å²) in [4.78, 5) is 32.1. The molecule has 3 aromatic carbocycles. The number of rotatable bonds is 11. The van der Waals surface area contributed by atoms with Gasteiger partial charge in [-0.05, 0) is 48.2 Å². The normalized spacial score (nSPS) is 11.7. The first-order valence-corrected chi connectivity index (χ1v) is 13.6. The average molecular weight is 548 g/mol. The third-order valence-corrected chi connectivity index (χ3v) is 7.85. The zero-order valence-electron chi connectivity index (χ0n) is 22.8. The summed E-state index contributed by atoms with van der Waals surface area (Å²) in [6, 6.07) is 18.6. The summed E-state index contributed by atoms with van der Waals surface area (Å²) in [6.07, 6.45) is 1.35. The fourth-order valence-electron chi connectivity index (χ4n) is 4.28. The molecule has 0 saturated heterocycles. The van der Waals surface area contributed by atoms with Crippen LogP contribution >= 0.6 is 11.8 Å². The van der Waals surface area contributed by atoms with Crippen molar-refractivity contribution >= 4 is 34.3 Å². The molecule has 1 atom stereocenters. The molecule has 0 aliphatic carbocycles. The molecule has 0 saturated carbocycles. The van der Waals surface area contributed by atoms with Gasteiger partial charge in [0.05, 0.1) is 44.0 Å². The van der Waals surface area contributed by atoms with Gasteiger partial charge in [0.1, 0.15) is 5.75 Å². The standard InChI is InChI=1S/C30H33N3O5S/c1-6-20-10-8-9-11-23(20)31-28(34)27(7-2)39-30-32-24-17-26(38-5)25(37-4)16-22(24)29(35)33(30)18-19-12-14-21(36-3)15-13-19/h8-17,27H,6-7,18H2,1-5H3,(H,31,34). The predicted octanol–water partition coefficient (Wildman–Crippen LogP) is 5.54. The summed E-state index contributed by atoms with van der Waals surface area (Å²) < 4.78 is 17.8. The van der Waals surface area contributed by atoms with E-state index in [1.54, 1.807) is 23.8 Å². The monoisotopic (exact) mass is 547 g/mol. The minimum absolute atomic E-state index is 0.138. The minimum atomic E-state index is -0.471. The number of amides is 1. The second kappa shape index (κ2) is 12.7. The van der Waals surface area contributed by atoms with Gasteiger partial charge in [0.2, 0.25) is 5.91 Å². The van der Waals surface area contributed by atoms with E-state index in [4.69, 9.17) is 19.2 Å². The lowest BCUT2D eigenvalue weighted by Gasteiger charge is -2.19. The maximum absolute atomic E-state index is 13.8. The molecule has 204 valence electrons. The molecule has 0 fully saturated rings. The Morgan fingerprint density at radius 3 is 2.31 bits per heavy atom. The number of carbonyl (C=O) groups excluding carboxylic acids is 1. The number of aryl methyl sites for hydroxylation is 1. The number of nitrogens with one attached hydrogen (secondary N) is 1. The zero-order valence-corrected chi connectivity index (χ0v) is 23.6. The minimum Gasteiger partial charge on any atom is -0.497 e. The molecule has 1 heterocycles. The van der Waals surface area contributed by atoms with Crippen molar-refractivity contribution in [1.29, 1.82) is 0 Å². The van der Waals surface area contributed by atoms with E-state index in [0.717, 1.165) is 29.0 Å². The van der Waals surface area contributed by atoms with Gasteiger partial charge in [0.15, 0.2) is 16.7 Å². The van der Waals surface area contributed by atoms with Crippen LogP contribution in [0.5, 0.6) is 17.2 Å². The molecule has 39 heavy (non-hydrogen) atoms. The molecule has 1 aromatic heterocycles. The van der Waals surface area contributed by atoms with Crippen LogP contribution in [-0.4, -0.2) is 42.0 Å². The van der Waals surface area contributed by atoms with Crippen molar-refractivity contribution < 1.29 is 19.0 Å². The fourth-order valence-corrected chi connectivity index (χ4v) is 5.30. The Morgan fingerprint density at radius 2 is 1.67 bits per heavy atom. The number of nitrogens with zero attached hydrogens (tertiary/aromatic N) is 2. The van der Waals surface area contributed by atoms with Gasteiger partial charge in [-0.25, -0.2) is 4.98 Å². The average Bonchev–Trinajstić information content (AvgIpc) is 2.97. The van der Waals surface area contributed by atoms with Crippen molar-refractivity contribution in [1.82, 2.24) is 9.55 Å². The van der Waals surface area contributed by atoms with E-state index in [2.05, 4.69) is 12.2 Å². The smallest absolute Gasteiger partial charge is 0.262 e. The Kier molecular flexibility index (Phi) is 9.14. The van der Waals surface area contributed by atoms with Crippen molar-refractivity contribution in [3.8, 4) is 17.2 Å². The van der Waals surface area contributed by atoms with Crippen LogP contribution < -0.4 is 25.1 Å². The molecular formula is C30H33N3O5S. The number of carbonyl (C=O) groups is 1. The van der Waals surface area contributed by atoms with Gasteiger partial charge in [0, 0.05) is 11.8 Å². The van der Waals surface area contributed by atoms with Gasteiger partial charge in [-0.15, -0.1) is 0 Å². The number of aromatic nitrogens is 2. The van der Waals surface area contributed by atoms with Crippen LogP contribution in [0.25, 0.3) is 10.9 Å². The van der Waals surface area contributed by atoms with Gasteiger partial charge >= 0.3 is 0 Å². The Bertz CT molecular complexity index is 1520. The Labute approximate surface area is 232 Å². The van der Waals surface area contributed by atoms with E-state index in [1.165, 1.54) is 26.0 Å². The molecule has 1 unspecified atom stereocenters. The second-order valence-electron chi connectivity index (χ2n) is 8.87. The van der Waals surface area contributed by atoms with E-state index in [1.807, 2.05) is 55.5 Å². The molecule has 8 nitrogen and oxygen atoms in total. The summed E-state index contributed by atoms with van der Waals surface area (Å²) in [7, 11) is 4.67. The zero-order chi connectivity index (χ0) is 27.9. The van der Waals surface area contributed by atoms with Crippen molar-refractivity contribution in [2.24, 2.45) is 0 Å². The van der Waals surface area contributed by atoms with Crippen LogP contribution in [0.15, 0.2) is 70.6 Å². The first-order valence-electron chi connectivity index (χ1n) is 12.8. The molecule has 0 aliphatic heterocycles. The number of ether oxygens (including phenoxy) is 3. The van der Waals surface area contributed by atoms with Crippen molar-refractivity contribution in [2.45, 2.75) is 43.6 Å². The lowest BCUT2D eigenvalue weighted by Crippen LogP contribution is -2.28. The Morgan fingerprint density at radius 1 is 0.974 bits per heavy atom. The van der Waals surface area contributed by atoms with E-state index in [0.29, 0.717) is 34.0 Å². The molecule has 4 rings (SSSR count). The second-order valence-corrected chi connectivity index (χ2v) is 10.0. The van der Waals surface area contributed by atoms with Gasteiger partial charge in [-0.2, -0.15) is 0 Å². The van der Waals surface area contributed by atoms with E-state index in [-0.39, 0.29) is 18.0 Å². The summed E-state index contributed by atoms with van der Waals surface area (Å²) in [5.74, 6) is 1.51. The molecular weight excluding hydrogens is 514 g/mol. The highest BCUT2D eigenvalue weighted by atomic mass is 32.2. The number of methoxy groups -OCH3 is 3. The van der Waals surface area contributed by atoms with Gasteiger partial charge in [-0.1, -0.05) is 55.9 Å². The Hall–Kier alpha value is -3.98. The molecule has 0 aliphatic rings. The highest BCUT2D eigenvalue weighted by molar-refractivity contribution is 8.00. The molecule has 0 spiro atoms. The number of thioether (sulfide) groups is 1.